The molecule has 0 atom stereocenters. The van der Waals surface area contributed by atoms with E-state index in [0.717, 1.165) is 16.3 Å². The SMILES string of the molecule is O=C(Cc1ccc2ccccc2c1)NCCNS(=O)(=O)c1cccc(Cl)c1. The van der Waals surface area contributed by atoms with Gasteiger partial charge in [-0.05, 0) is 34.5 Å². The second kappa shape index (κ2) is 8.52. The van der Waals surface area contributed by atoms with Crippen LogP contribution >= 0.6 is 11.6 Å². The molecule has 27 heavy (non-hydrogen) atoms. The van der Waals surface area contributed by atoms with E-state index in [0.29, 0.717) is 5.02 Å². The average molecular weight is 403 g/mol. The summed E-state index contributed by atoms with van der Waals surface area (Å²) in [4.78, 5) is 12.2. The summed E-state index contributed by atoms with van der Waals surface area (Å²) in [5.41, 5.74) is 0.908. The standard InChI is InChI=1S/C20H19ClN2O3S/c21-18-6-3-7-19(14-18)27(25,26)23-11-10-22-20(24)13-15-8-9-16-4-1-2-5-17(16)12-15/h1-9,12,14,23H,10-11,13H2,(H,22,24). The number of carbonyl (C=O) groups excluding carboxylic acids is 1. The van der Waals surface area contributed by atoms with Crippen LogP contribution < -0.4 is 10.0 Å². The minimum Gasteiger partial charge on any atom is -0.355 e. The van der Waals surface area contributed by atoms with Crippen LogP contribution in [0.4, 0.5) is 0 Å². The lowest BCUT2D eigenvalue weighted by Gasteiger charge is -2.09. The van der Waals surface area contributed by atoms with Gasteiger partial charge in [0, 0.05) is 18.1 Å². The molecule has 0 aliphatic carbocycles. The van der Waals surface area contributed by atoms with Gasteiger partial charge in [0.15, 0.2) is 0 Å². The monoisotopic (exact) mass is 402 g/mol. The molecule has 0 aliphatic rings. The van der Waals surface area contributed by atoms with Gasteiger partial charge in [-0.2, -0.15) is 0 Å². The number of rotatable bonds is 7. The highest BCUT2D eigenvalue weighted by atomic mass is 35.5. The van der Waals surface area contributed by atoms with Crippen molar-refractivity contribution in [1.29, 1.82) is 0 Å². The van der Waals surface area contributed by atoms with Crippen molar-refractivity contribution in [3.8, 4) is 0 Å². The molecule has 2 N–H and O–H groups in total. The third-order valence-corrected chi connectivity index (χ3v) is 5.72. The number of nitrogens with one attached hydrogen (secondary N) is 2. The summed E-state index contributed by atoms with van der Waals surface area (Å²) < 4.78 is 26.8. The Morgan fingerprint density at radius 2 is 1.67 bits per heavy atom. The van der Waals surface area contributed by atoms with Crippen LogP contribution in [0.15, 0.2) is 71.6 Å². The highest BCUT2D eigenvalue weighted by Crippen LogP contribution is 2.16. The molecule has 1 amide bonds. The van der Waals surface area contributed by atoms with Crippen LogP contribution in [0.1, 0.15) is 5.56 Å². The highest BCUT2D eigenvalue weighted by molar-refractivity contribution is 7.89. The molecule has 3 aromatic carbocycles. The number of fused-ring (bicyclic) bond motifs is 1. The summed E-state index contributed by atoms with van der Waals surface area (Å²) in [6.07, 6.45) is 0.242. The Balaban J connectivity index is 1.49. The van der Waals surface area contributed by atoms with Crippen LogP contribution in [-0.4, -0.2) is 27.4 Å². The van der Waals surface area contributed by atoms with Gasteiger partial charge in [-0.15, -0.1) is 0 Å². The zero-order valence-electron chi connectivity index (χ0n) is 14.5. The molecule has 3 rings (SSSR count). The lowest BCUT2D eigenvalue weighted by atomic mass is 10.1. The van der Waals surface area contributed by atoms with Gasteiger partial charge in [-0.25, -0.2) is 13.1 Å². The molecule has 0 unspecified atom stereocenters. The van der Waals surface area contributed by atoms with Crippen molar-refractivity contribution >= 4 is 38.3 Å². The van der Waals surface area contributed by atoms with E-state index in [2.05, 4.69) is 10.0 Å². The van der Waals surface area contributed by atoms with Gasteiger partial charge >= 0.3 is 0 Å². The summed E-state index contributed by atoms with van der Waals surface area (Å²) in [6, 6.07) is 19.9. The maximum absolute atomic E-state index is 12.2. The van der Waals surface area contributed by atoms with E-state index in [1.165, 1.54) is 12.1 Å². The molecule has 0 spiro atoms. The first-order valence-electron chi connectivity index (χ1n) is 8.44. The van der Waals surface area contributed by atoms with Crippen molar-refractivity contribution in [2.45, 2.75) is 11.3 Å². The van der Waals surface area contributed by atoms with E-state index in [1.807, 2.05) is 42.5 Å². The van der Waals surface area contributed by atoms with Crippen LogP contribution in [-0.2, 0) is 21.2 Å². The fraction of sp³-hybridized carbons (Fsp3) is 0.150. The minimum absolute atomic E-state index is 0.0949. The summed E-state index contributed by atoms with van der Waals surface area (Å²) in [6.45, 7) is 0.296. The first-order chi connectivity index (χ1) is 12.9. The Morgan fingerprint density at radius 3 is 2.44 bits per heavy atom. The molecule has 7 heteroatoms. The van der Waals surface area contributed by atoms with Crippen LogP contribution in [0, 0.1) is 0 Å². The summed E-state index contributed by atoms with van der Waals surface area (Å²) in [7, 11) is -3.65. The van der Waals surface area contributed by atoms with Crippen molar-refractivity contribution in [3.05, 3.63) is 77.3 Å². The van der Waals surface area contributed by atoms with E-state index < -0.39 is 10.0 Å². The van der Waals surface area contributed by atoms with Gasteiger partial charge in [0.05, 0.1) is 11.3 Å². The molecule has 140 valence electrons. The summed E-state index contributed by atoms with van der Waals surface area (Å²) in [5, 5.41) is 5.27. The van der Waals surface area contributed by atoms with Crippen LogP contribution in [0.3, 0.4) is 0 Å². The van der Waals surface area contributed by atoms with Crippen LogP contribution in [0.5, 0.6) is 0 Å². The smallest absolute Gasteiger partial charge is 0.240 e. The third-order valence-electron chi connectivity index (χ3n) is 4.02. The molecule has 0 bridgehead atoms. The van der Waals surface area contributed by atoms with Crippen molar-refractivity contribution in [3.63, 3.8) is 0 Å². The van der Waals surface area contributed by atoms with Gasteiger partial charge in [0.1, 0.15) is 0 Å². The Hall–Kier alpha value is -2.41. The van der Waals surface area contributed by atoms with Gasteiger partial charge in [-0.1, -0.05) is 60.1 Å². The predicted molar refractivity (Wildman–Crippen MR) is 107 cm³/mol. The number of benzene rings is 3. The number of hydrogen-bond donors (Lipinski definition) is 2. The lowest BCUT2D eigenvalue weighted by Crippen LogP contribution is -2.35. The molecule has 0 radical (unpaired) electrons. The molecular weight excluding hydrogens is 384 g/mol. The zero-order chi connectivity index (χ0) is 19.3. The fourth-order valence-corrected chi connectivity index (χ4v) is 4.03. The Morgan fingerprint density at radius 1 is 0.889 bits per heavy atom. The van der Waals surface area contributed by atoms with Gasteiger partial charge in [0.25, 0.3) is 0 Å². The van der Waals surface area contributed by atoms with E-state index >= 15 is 0 Å². The molecule has 0 aliphatic heterocycles. The van der Waals surface area contributed by atoms with Gasteiger partial charge in [-0.3, -0.25) is 4.79 Å². The topological polar surface area (TPSA) is 75.3 Å². The Kier molecular flexibility index (Phi) is 6.11. The molecule has 5 nitrogen and oxygen atoms in total. The van der Waals surface area contributed by atoms with Crippen molar-refractivity contribution in [2.24, 2.45) is 0 Å². The summed E-state index contributed by atoms with van der Waals surface area (Å²) >= 11 is 5.82. The number of sulfonamides is 1. The fourth-order valence-electron chi connectivity index (χ4n) is 2.70. The molecule has 0 heterocycles. The maximum atomic E-state index is 12.2. The molecular formula is C20H19ClN2O3S. The first-order valence-corrected chi connectivity index (χ1v) is 10.3. The number of carbonyl (C=O) groups is 1. The Bertz CT molecular complexity index is 1070. The zero-order valence-corrected chi connectivity index (χ0v) is 16.1. The van der Waals surface area contributed by atoms with E-state index in [9.17, 15) is 13.2 Å². The van der Waals surface area contributed by atoms with Crippen LogP contribution in [0.25, 0.3) is 10.8 Å². The van der Waals surface area contributed by atoms with Gasteiger partial charge in [0.2, 0.25) is 15.9 Å². The first kappa shape index (κ1) is 19.4. The van der Waals surface area contributed by atoms with E-state index in [1.54, 1.807) is 12.1 Å². The van der Waals surface area contributed by atoms with Crippen molar-refractivity contribution < 1.29 is 13.2 Å². The van der Waals surface area contributed by atoms with Crippen LogP contribution in [0.2, 0.25) is 5.02 Å². The van der Waals surface area contributed by atoms with Crippen molar-refractivity contribution in [1.82, 2.24) is 10.0 Å². The quantitative estimate of drug-likeness (QED) is 0.596. The second-order valence-electron chi connectivity index (χ2n) is 6.06. The lowest BCUT2D eigenvalue weighted by molar-refractivity contribution is -0.120. The molecule has 0 aromatic heterocycles. The van der Waals surface area contributed by atoms with Crippen molar-refractivity contribution in [2.75, 3.05) is 13.1 Å². The number of hydrogen-bond acceptors (Lipinski definition) is 3. The average Bonchev–Trinajstić information content (AvgIpc) is 2.65. The number of halogens is 1. The number of amides is 1. The third kappa shape index (κ3) is 5.29. The highest BCUT2D eigenvalue weighted by Gasteiger charge is 2.13. The molecule has 0 fully saturated rings. The second-order valence-corrected chi connectivity index (χ2v) is 8.27. The van der Waals surface area contributed by atoms with E-state index in [-0.39, 0.29) is 30.3 Å². The van der Waals surface area contributed by atoms with E-state index in [4.69, 9.17) is 11.6 Å². The minimum atomic E-state index is -3.65. The normalized spacial score (nSPS) is 11.4. The predicted octanol–water partition coefficient (Wildman–Crippen LogP) is 3.13. The molecule has 0 saturated heterocycles. The molecule has 0 saturated carbocycles. The van der Waals surface area contributed by atoms with Gasteiger partial charge < -0.3 is 5.32 Å². The molecule has 3 aromatic rings. The summed E-state index contributed by atoms with van der Waals surface area (Å²) in [5.74, 6) is -0.160. The maximum Gasteiger partial charge on any atom is 0.240 e. The Labute approximate surface area is 163 Å². The largest absolute Gasteiger partial charge is 0.355 e.